The topological polar surface area (TPSA) is 102 Å². The van der Waals surface area contributed by atoms with Crippen LogP contribution in [0.1, 0.15) is 32.0 Å². The Bertz CT molecular complexity index is 1320. The molecule has 1 aliphatic rings. The van der Waals surface area contributed by atoms with Crippen LogP contribution >= 0.6 is 11.3 Å². The molecule has 11 heteroatoms. The highest BCUT2D eigenvalue weighted by atomic mass is 32.1. The number of aryl methyl sites for hydroxylation is 2. The maximum absolute atomic E-state index is 12.9. The summed E-state index contributed by atoms with van der Waals surface area (Å²) >= 11 is 1.43. The molecule has 4 aromatic heterocycles. The highest BCUT2D eigenvalue weighted by Gasteiger charge is 2.23. The summed E-state index contributed by atoms with van der Waals surface area (Å²) in [7, 11) is 0. The van der Waals surface area contributed by atoms with Crippen LogP contribution in [0.5, 0.6) is 0 Å². The minimum Gasteiger partial charge on any atom is -0.339 e. The molecule has 1 amide bonds. The number of aromatic nitrogens is 6. The Morgan fingerprint density at radius 2 is 1.91 bits per heavy atom. The molecule has 10 nitrogen and oxygen atoms in total. The molecule has 1 aliphatic heterocycles. The van der Waals surface area contributed by atoms with E-state index >= 15 is 0 Å². The fourth-order valence-electron chi connectivity index (χ4n) is 4.25. The maximum Gasteiger partial charge on any atom is 0.272 e. The van der Waals surface area contributed by atoms with Crippen LogP contribution in [0.25, 0.3) is 16.0 Å². The van der Waals surface area contributed by atoms with E-state index in [4.69, 9.17) is 0 Å². The highest BCUT2D eigenvalue weighted by molar-refractivity contribution is 7.17. The van der Waals surface area contributed by atoms with Crippen molar-refractivity contribution in [2.75, 3.05) is 31.1 Å². The summed E-state index contributed by atoms with van der Waals surface area (Å²) in [5, 5.41) is 10.6. The van der Waals surface area contributed by atoms with Gasteiger partial charge < -0.3 is 9.80 Å². The van der Waals surface area contributed by atoms with Crippen LogP contribution in [-0.4, -0.2) is 66.1 Å². The summed E-state index contributed by atoms with van der Waals surface area (Å²) in [5.41, 5.74) is 0.799. The number of rotatable bonds is 7. The Balaban J connectivity index is 1.31. The van der Waals surface area contributed by atoms with Crippen molar-refractivity contribution in [2.45, 2.75) is 39.2 Å². The van der Waals surface area contributed by atoms with E-state index in [1.807, 2.05) is 20.7 Å². The van der Waals surface area contributed by atoms with Gasteiger partial charge in [-0.15, -0.1) is 21.5 Å². The molecule has 0 N–H and O–H groups in total. The van der Waals surface area contributed by atoms with Crippen LogP contribution in [0.4, 0.5) is 5.95 Å². The Morgan fingerprint density at radius 1 is 1.12 bits per heavy atom. The lowest BCUT2D eigenvalue weighted by Crippen LogP contribution is -2.49. The molecule has 0 bridgehead atoms. The van der Waals surface area contributed by atoms with Gasteiger partial charge in [-0.05, 0) is 23.9 Å². The molecule has 0 atom stereocenters. The van der Waals surface area contributed by atoms with Crippen LogP contribution in [-0.2, 0) is 17.8 Å². The third kappa shape index (κ3) is 4.08. The van der Waals surface area contributed by atoms with Crippen molar-refractivity contribution in [2.24, 2.45) is 0 Å². The molecule has 33 heavy (non-hydrogen) atoms. The third-order valence-corrected chi connectivity index (χ3v) is 6.94. The van der Waals surface area contributed by atoms with Crippen LogP contribution < -0.4 is 10.5 Å². The zero-order chi connectivity index (χ0) is 22.8. The fraction of sp³-hybridized carbons (Fsp3) is 0.455. The molecule has 1 fully saturated rings. The van der Waals surface area contributed by atoms with Crippen molar-refractivity contribution in [3.63, 3.8) is 0 Å². The van der Waals surface area contributed by atoms with E-state index in [1.165, 1.54) is 11.3 Å². The zero-order valence-electron chi connectivity index (χ0n) is 18.6. The van der Waals surface area contributed by atoms with Gasteiger partial charge in [0.1, 0.15) is 10.5 Å². The van der Waals surface area contributed by atoms with Crippen molar-refractivity contribution in [1.29, 1.82) is 0 Å². The molecule has 172 valence electrons. The maximum atomic E-state index is 12.9. The second kappa shape index (κ2) is 9.26. The molecular formula is C22H26N8O2S. The molecule has 0 radical (unpaired) electrons. The van der Waals surface area contributed by atoms with Gasteiger partial charge in [-0.3, -0.25) is 18.6 Å². The minimum absolute atomic E-state index is 0.0174. The Labute approximate surface area is 194 Å². The number of carbonyl (C=O) groups is 1. The van der Waals surface area contributed by atoms with Gasteiger partial charge in [0, 0.05) is 58.0 Å². The number of nitrogens with zero attached hydrogens (tertiary/aromatic N) is 8. The first kappa shape index (κ1) is 21.5. The Hall–Kier alpha value is -3.34. The molecule has 0 unspecified atom stereocenters. The number of anilines is 1. The zero-order valence-corrected chi connectivity index (χ0v) is 19.4. The predicted octanol–water partition coefficient (Wildman–Crippen LogP) is 1.98. The lowest BCUT2D eigenvalue weighted by atomic mass is 10.2. The molecule has 0 saturated carbocycles. The van der Waals surface area contributed by atoms with Gasteiger partial charge in [-0.1, -0.05) is 13.3 Å². The molecule has 0 spiro atoms. The molecule has 5 heterocycles. The molecule has 1 saturated heterocycles. The first-order chi connectivity index (χ1) is 16.2. The van der Waals surface area contributed by atoms with Crippen molar-refractivity contribution in [3.8, 4) is 0 Å². The van der Waals surface area contributed by atoms with E-state index < -0.39 is 0 Å². The smallest absolute Gasteiger partial charge is 0.272 e. The summed E-state index contributed by atoms with van der Waals surface area (Å²) in [4.78, 5) is 38.4. The summed E-state index contributed by atoms with van der Waals surface area (Å²) in [5.74, 6) is 2.07. The number of piperazine rings is 1. The number of unbranched alkanes of at least 4 members (excludes halogenated alkanes) is 1. The number of carbonyl (C=O) groups excluding carboxylic acids is 1. The van der Waals surface area contributed by atoms with Crippen molar-refractivity contribution < 1.29 is 4.79 Å². The van der Waals surface area contributed by atoms with E-state index in [2.05, 4.69) is 32.0 Å². The summed E-state index contributed by atoms with van der Waals surface area (Å²) < 4.78 is 4.36. The van der Waals surface area contributed by atoms with Gasteiger partial charge in [0.15, 0.2) is 0 Å². The van der Waals surface area contributed by atoms with E-state index in [1.54, 1.807) is 23.0 Å². The fourth-order valence-corrected chi connectivity index (χ4v) is 5.07. The van der Waals surface area contributed by atoms with E-state index in [0.717, 1.165) is 18.4 Å². The largest absolute Gasteiger partial charge is 0.339 e. The summed E-state index contributed by atoms with van der Waals surface area (Å²) in [6.45, 7) is 5.41. The Morgan fingerprint density at radius 3 is 2.67 bits per heavy atom. The third-order valence-electron chi connectivity index (χ3n) is 6.04. The van der Waals surface area contributed by atoms with Crippen molar-refractivity contribution in [3.05, 3.63) is 46.1 Å². The van der Waals surface area contributed by atoms with Crippen LogP contribution in [0.2, 0.25) is 0 Å². The van der Waals surface area contributed by atoms with Gasteiger partial charge in [0.05, 0.1) is 5.52 Å². The van der Waals surface area contributed by atoms with Crippen LogP contribution in [0.3, 0.4) is 0 Å². The molecule has 0 aliphatic carbocycles. The average molecular weight is 467 g/mol. The predicted molar refractivity (Wildman–Crippen MR) is 127 cm³/mol. The number of hydrogen-bond acceptors (Lipinski definition) is 8. The summed E-state index contributed by atoms with van der Waals surface area (Å²) in [6.07, 6.45) is 6.17. The quantitative estimate of drug-likeness (QED) is 0.410. The monoisotopic (exact) mass is 466 g/mol. The molecule has 4 aromatic rings. The number of amides is 1. The average Bonchev–Trinajstić information content (AvgIpc) is 3.50. The van der Waals surface area contributed by atoms with E-state index in [0.29, 0.717) is 67.8 Å². The first-order valence-corrected chi connectivity index (χ1v) is 12.2. The second-order valence-electron chi connectivity index (χ2n) is 8.11. The van der Waals surface area contributed by atoms with Crippen molar-refractivity contribution in [1.82, 2.24) is 34.0 Å². The lowest BCUT2D eigenvalue weighted by molar-refractivity contribution is -0.131. The summed E-state index contributed by atoms with van der Waals surface area (Å²) in [6, 6.07) is 3.72. The van der Waals surface area contributed by atoms with Gasteiger partial charge >= 0.3 is 0 Å². The highest BCUT2D eigenvalue weighted by Crippen LogP contribution is 2.21. The molecular weight excluding hydrogens is 440 g/mol. The minimum atomic E-state index is -0.0174. The van der Waals surface area contributed by atoms with Gasteiger partial charge in [0.25, 0.3) is 5.56 Å². The number of thiophene rings is 1. The standard InChI is InChI=1S/C22H26N8O2S/c1-2-3-10-29-20(32)19-16(7-15-33-19)30-17(25-26-22(29)30)5-6-18(31)27-11-13-28(14-12-27)21-23-8-4-9-24-21/h4,7-9,15H,2-3,5-6,10-14H2,1H3. The normalized spacial score (nSPS) is 14.5. The number of fused-ring (bicyclic) bond motifs is 3. The van der Waals surface area contributed by atoms with E-state index in [-0.39, 0.29) is 11.5 Å². The number of hydrogen-bond donors (Lipinski definition) is 0. The second-order valence-corrected chi connectivity index (χ2v) is 9.03. The Kier molecular flexibility index (Phi) is 6.03. The SMILES string of the molecule is CCCCn1c(=O)c2sccc2n2c(CCC(=O)N3CCN(c4ncccn4)CC3)nnc12. The van der Waals surface area contributed by atoms with E-state index in [9.17, 15) is 9.59 Å². The lowest BCUT2D eigenvalue weighted by Gasteiger charge is -2.34. The first-order valence-electron chi connectivity index (χ1n) is 11.3. The molecule has 0 aromatic carbocycles. The van der Waals surface area contributed by atoms with Crippen LogP contribution in [0, 0.1) is 0 Å². The van der Waals surface area contributed by atoms with Gasteiger partial charge in [-0.2, -0.15) is 0 Å². The van der Waals surface area contributed by atoms with Crippen molar-refractivity contribution >= 4 is 39.2 Å². The van der Waals surface area contributed by atoms with Crippen LogP contribution in [0.15, 0.2) is 34.7 Å². The van der Waals surface area contributed by atoms with Gasteiger partial charge in [0.2, 0.25) is 17.6 Å². The molecule has 5 rings (SSSR count). The van der Waals surface area contributed by atoms with Gasteiger partial charge in [-0.25, -0.2) is 9.97 Å².